The van der Waals surface area contributed by atoms with Gasteiger partial charge in [0.2, 0.25) is 5.91 Å². The largest absolute Gasteiger partial charge is 0.399 e. The second-order valence-corrected chi connectivity index (χ2v) is 6.22. The number of hydrogen-bond donors (Lipinski definition) is 3. The first-order valence-electron chi connectivity index (χ1n) is 6.13. The minimum absolute atomic E-state index is 0.119. The van der Waals surface area contributed by atoms with Gasteiger partial charge in [-0.15, -0.1) is 0 Å². The molecule has 0 aromatic heterocycles. The van der Waals surface area contributed by atoms with Gasteiger partial charge in [-0.05, 0) is 31.2 Å². The summed E-state index contributed by atoms with van der Waals surface area (Å²) in [6.45, 7) is 1.98. The van der Waals surface area contributed by atoms with Gasteiger partial charge in [-0.3, -0.25) is 13.8 Å². The third-order valence-electron chi connectivity index (χ3n) is 2.74. The van der Waals surface area contributed by atoms with Crippen LogP contribution in [0.3, 0.4) is 0 Å². The normalized spacial score (nSPS) is 13.3. The van der Waals surface area contributed by atoms with Gasteiger partial charge in [0.25, 0.3) is 5.91 Å². The number of nitrogens with one attached hydrogen (secondary N) is 2. The summed E-state index contributed by atoms with van der Waals surface area (Å²) in [6, 6.07) is 6.41. The summed E-state index contributed by atoms with van der Waals surface area (Å²) in [4.78, 5) is 23.2. The highest BCUT2D eigenvalue weighted by atomic mass is 32.2. The number of carbonyl (C=O) groups excluding carboxylic acids is 2. The fourth-order valence-corrected chi connectivity index (χ4v) is 1.65. The van der Waals surface area contributed by atoms with Crippen LogP contribution >= 0.6 is 0 Å². The summed E-state index contributed by atoms with van der Waals surface area (Å²) in [5.74, 6) is -0.654. The van der Waals surface area contributed by atoms with Crippen LogP contribution in [0.1, 0.15) is 17.3 Å². The van der Waals surface area contributed by atoms with E-state index < -0.39 is 10.8 Å². The molecule has 0 aliphatic carbocycles. The zero-order valence-corrected chi connectivity index (χ0v) is 12.3. The first-order chi connectivity index (χ1) is 9.40. The lowest BCUT2D eigenvalue weighted by Gasteiger charge is -2.10. The summed E-state index contributed by atoms with van der Waals surface area (Å²) < 4.78 is 11.1. The molecule has 0 saturated carbocycles. The average Bonchev–Trinajstić information content (AvgIpc) is 2.42. The molecule has 4 N–H and O–H groups in total. The molecule has 1 rings (SSSR count). The van der Waals surface area contributed by atoms with E-state index in [0.717, 1.165) is 0 Å². The SMILES string of the molecule is CC(CNC(=O)CNC(=O)c1ccc(N)cc1)S(C)=O. The topological polar surface area (TPSA) is 101 Å². The lowest BCUT2D eigenvalue weighted by molar-refractivity contribution is -0.120. The Kier molecular flexibility index (Phi) is 6.17. The molecule has 7 heteroatoms. The maximum absolute atomic E-state index is 11.7. The predicted molar refractivity (Wildman–Crippen MR) is 79.7 cm³/mol. The molecule has 20 heavy (non-hydrogen) atoms. The average molecular weight is 297 g/mol. The van der Waals surface area contributed by atoms with Gasteiger partial charge in [0, 0.05) is 40.1 Å². The number of carbonyl (C=O) groups is 2. The highest BCUT2D eigenvalue weighted by Gasteiger charge is 2.10. The molecule has 0 radical (unpaired) electrons. The van der Waals surface area contributed by atoms with Gasteiger partial charge in [0.1, 0.15) is 0 Å². The summed E-state index contributed by atoms with van der Waals surface area (Å²) in [7, 11) is -0.985. The van der Waals surface area contributed by atoms with Crippen molar-refractivity contribution in [3.05, 3.63) is 29.8 Å². The predicted octanol–water partition coefficient (Wildman–Crippen LogP) is -0.118. The van der Waals surface area contributed by atoms with E-state index in [9.17, 15) is 13.8 Å². The Morgan fingerprint density at radius 1 is 1.25 bits per heavy atom. The molecule has 0 spiro atoms. The van der Waals surface area contributed by atoms with Gasteiger partial charge in [-0.1, -0.05) is 0 Å². The number of hydrogen-bond acceptors (Lipinski definition) is 4. The van der Waals surface area contributed by atoms with E-state index in [0.29, 0.717) is 17.8 Å². The molecule has 2 atom stereocenters. The van der Waals surface area contributed by atoms with Crippen LogP contribution in [-0.2, 0) is 15.6 Å². The van der Waals surface area contributed by atoms with Crippen LogP contribution in [0, 0.1) is 0 Å². The van der Waals surface area contributed by atoms with Crippen molar-refractivity contribution >= 4 is 28.3 Å². The number of anilines is 1. The molecule has 2 unspecified atom stereocenters. The van der Waals surface area contributed by atoms with E-state index in [-0.39, 0.29) is 23.6 Å². The molecule has 0 heterocycles. The van der Waals surface area contributed by atoms with Crippen molar-refractivity contribution in [3.8, 4) is 0 Å². The zero-order valence-electron chi connectivity index (χ0n) is 11.5. The number of nitrogen functional groups attached to an aromatic ring is 1. The van der Waals surface area contributed by atoms with Crippen molar-refractivity contribution in [2.75, 3.05) is 25.1 Å². The fraction of sp³-hybridized carbons (Fsp3) is 0.385. The molecule has 2 amide bonds. The van der Waals surface area contributed by atoms with E-state index in [1.165, 1.54) is 0 Å². The maximum atomic E-state index is 11.7. The quantitative estimate of drug-likeness (QED) is 0.637. The summed E-state index contributed by atoms with van der Waals surface area (Å²) in [5.41, 5.74) is 6.53. The maximum Gasteiger partial charge on any atom is 0.251 e. The summed E-state index contributed by atoms with van der Waals surface area (Å²) in [6.07, 6.45) is 1.58. The minimum Gasteiger partial charge on any atom is -0.399 e. The van der Waals surface area contributed by atoms with E-state index in [1.54, 1.807) is 37.4 Å². The Hall–Kier alpha value is -1.89. The second-order valence-electron chi connectivity index (χ2n) is 4.42. The van der Waals surface area contributed by atoms with Crippen LogP contribution in [0.2, 0.25) is 0 Å². The van der Waals surface area contributed by atoms with Gasteiger partial charge in [0.15, 0.2) is 0 Å². The molecular weight excluding hydrogens is 278 g/mol. The van der Waals surface area contributed by atoms with Crippen LogP contribution in [0.4, 0.5) is 5.69 Å². The van der Waals surface area contributed by atoms with Crippen molar-refractivity contribution in [3.63, 3.8) is 0 Å². The lowest BCUT2D eigenvalue weighted by atomic mass is 10.2. The van der Waals surface area contributed by atoms with Crippen molar-refractivity contribution in [1.29, 1.82) is 0 Å². The summed E-state index contributed by atoms with van der Waals surface area (Å²) >= 11 is 0. The van der Waals surface area contributed by atoms with Crippen LogP contribution in [0.5, 0.6) is 0 Å². The monoisotopic (exact) mass is 297 g/mol. The molecule has 0 aliphatic rings. The van der Waals surface area contributed by atoms with Crippen LogP contribution in [0.25, 0.3) is 0 Å². The lowest BCUT2D eigenvalue weighted by Crippen LogP contribution is -2.40. The van der Waals surface area contributed by atoms with Gasteiger partial charge < -0.3 is 16.4 Å². The van der Waals surface area contributed by atoms with Gasteiger partial charge in [-0.2, -0.15) is 0 Å². The van der Waals surface area contributed by atoms with E-state index in [4.69, 9.17) is 5.73 Å². The Labute approximate surface area is 120 Å². The molecule has 1 aromatic carbocycles. The smallest absolute Gasteiger partial charge is 0.251 e. The van der Waals surface area contributed by atoms with E-state index >= 15 is 0 Å². The van der Waals surface area contributed by atoms with Crippen molar-refractivity contribution < 1.29 is 13.8 Å². The Balaban J connectivity index is 2.35. The minimum atomic E-state index is -0.985. The second kappa shape index (κ2) is 7.64. The summed E-state index contributed by atoms with van der Waals surface area (Å²) in [5, 5.41) is 5.00. The van der Waals surface area contributed by atoms with E-state index in [2.05, 4.69) is 10.6 Å². The third kappa shape index (κ3) is 5.40. The Morgan fingerprint density at radius 3 is 2.40 bits per heavy atom. The van der Waals surface area contributed by atoms with Gasteiger partial charge >= 0.3 is 0 Å². The molecular formula is C13H19N3O3S. The Bertz CT molecular complexity index is 502. The number of rotatable bonds is 6. The van der Waals surface area contributed by atoms with E-state index in [1.807, 2.05) is 0 Å². The third-order valence-corrected chi connectivity index (χ3v) is 4.04. The Morgan fingerprint density at radius 2 is 1.85 bits per heavy atom. The van der Waals surface area contributed by atoms with Crippen LogP contribution < -0.4 is 16.4 Å². The van der Waals surface area contributed by atoms with Gasteiger partial charge in [-0.25, -0.2) is 0 Å². The van der Waals surface area contributed by atoms with Crippen LogP contribution in [-0.4, -0.2) is 40.6 Å². The van der Waals surface area contributed by atoms with Gasteiger partial charge in [0.05, 0.1) is 6.54 Å². The number of benzene rings is 1. The standard InChI is InChI=1S/C13H19N3O3S/c1-9(20(2)19)7-15-12(17)8-16-13(18)10-3-5-11(14)6-4-10/h3-6,9H,7-8,14H2,1-2H3,(H,15,17)(H,16,18). The molecule has 6 nitrogen and oxygen atoms in total. The first-order valence-corrected chi connectivity index (χ1v) is 7.75. The highest BCUT2D eigenvalue weighted by Crippen LogP contribution is 2.04. The van der Waals surface area contributed by atoms with Crippen molar-refractivity contribution in [2.45, 2.75) is 12.2 Å². The molecule has 1 aromatic rings. The molecule has 0 bridgehead atoms. The van der Waals surface area contributed by atoms with Crippen molar-refractivity contribution in [2.24, 2.45) is 0 Å². The van der Waals surface area contributed by atoms with Crippen LogP contribution in [0.15, 0.2) is 24.3 Å². The fourth-order valence-electron chi connectivity index (χ4n) is 1.33. The number of amides is 2. The zero-order chi connectivity index (χ0) is 15.1. The molecule has 0 saturated heterocycles. The molecule has 0 fully saturated rings. The first kappa shape index (κ1) is 16.2. The number of nitrogens with two attached hydrogens (primary N) is 1. The van der Waals surface area contributed by atoms with Crippen molar-refractivity contribution in [1.82, 2.24) is 10.6 Å². The molecule has 110 valence electrons. The molecule has 0 aliphatic heterocycles. The highest BCUT2D eigenvalue weighted by molar-refractivity contribution is 7.84.